The topological polar surface area (TPSA) is 0 Å². The van der Waals surface area contributed by atoms with Crippen LogP contribution in [0.3, 0.4) is 0 Å². The quantitative estimate of drug-likeness (QED) is 0.434. The van der Waals surface area contributed by atoms with Gasteiger partial charge >= 0.3 is 0 Å². The van der Waals surface area contributed by atoms with Gasteiger partial charge in [0, 0.05) is 30.2 Å². The fourth-order valence-corrected chi connectivity index (χ4v) is 4.52. The van der Waals surface area contributed by atoms with Crippen LogP contribution in [-0.2, 0) is 0 Å². The van der Waals surface area contributed by atoms with Crippen molar-refractivity contribution in [2.75, 3.05) is 0 Å². The van der Waals surface area contributed by atoms with E-state index in [2.05, 4.69) is 0 Å². The van der Waals surface area contributed by atoms with Gasteiger partial charge in [0.25, 0.3) is 0 Å². The SMILES string of the molecule is Clc1cc(Cl)c2c(c1)sc1cc(Cl)cc(Cl)c12. The van der Waals surface area contributed by atoms with Gasteiger partial charge in [-0.05, 0) is 24.3 Å². The lowest BCUT2D eigenvalue weighted by atomic mass is 10.1. The zero-order valence-electron chi connectivity index (χ0n) is 8.23. The molecular weight excluding hydrogens is 318 g/mol. The summed E-state index contributed by atoms with van der Waals surface area (Å²) in [5.74, 6) is 0. The van der Waals surface area contributed by atoms with E-state index in [1.54, 1.807) is 23.5 Å². The molecule has 1 heterocycles. The molecule has 0 amide bonds. The molecule has 0 radical (unpaired) electrons. The molecule has 3 rings (SSSR count). The second-order valence-corrected chi connectivity index (χ2v) is 6.39. The number of hydrogen-bond donors (Lipinski definition) is 0. The standard InChI is InChI=1S/C12H4Cl4S/c13-5-1-7(15)11-9(3-5)17-10-4-6(14)2-8(16)12(10)11/h1-4H. The van der Waals surface area contributed by atoms with E-state index in [9.17, 15) is 0 Å². The third kappa shape index (κ3) is 1.91. The maximum atomic E-state index is 6.23. The number of hydrogen-bond acceptors (Lipinski definition) is 1. The molecule has 1 aromatic heterocycles. The van der Waals surface area contributed by atoms with E-state index >= 15 is 0 Å². The summed E-state index contributed by atoms with van der Waals surface area (Å²) in [4.78, 5) is 0. The molecule has 0 saturated carbocycles. The summed E-state index contributed by atoms with van der Waals surface area (Å²) in [6.07, 6.45) is 0. The van der Waals surface area contributed by atoms with Crippen LogP contribution in [-0.4, -0.2) is 0 Å². The minimum Gasteiger partial charge on any atom is -0.135 e. The Morgan fingerprint density at radius 3 is 1.47 bits per heavy atom. The van der Waals surface area contributed by atoms with Crippen molar-refractivity contribution in [3.8, 4) is 0 Å². The largest absolute Gasteiger partial charge is 0.135 e. The maximum absolute atomic E-state index is 6.23. The molecule has 0 aliphatic heterocycles. The van der Waals surface area contributed by atoms with Crippen molar-refractivity contribution >= 4 is 77.9 Å². The summed E-state index contributed by atoms with van der Waals surface area (Å²) in [5, 5.41) is 4.36. The molecule has 0 unspecified atom stereocenters. The third-order valence-electron chi connectivity index (χ3n) is 2.51. The first-order valence-corrected chi connectivity index (χ1v) is 7.05. The highest BCUT2D eigenvalue weighted by atomic mass is 35.5. The summed E-state index contributed by atoms with van der Waals surface area (Å²) in [7, 11) is 0. The van der Waals surface area contributed by atoms with E-state index in [4.69, 9.17) is 46.4 Å². The normalized spacial score (nSPS) is 11.5. The van der Waals surface area contributed by atoms with Gasteiger partial charge in [-0.15, -0.1) is 11.3 Å². The second kappa shape index (κ2) is 4.18. The van der Waals surface area contributed by atoms with Crippen molar-refractivity contribution < 1.29 is 0 Å². The van der Waals surface area contributed by atoms with E-state index in [1.807, 2.05) is 12.1 Å². The molecule has 0 fully saturated rings. The Hall–Kier alpha value is -0.180. The van der Waals surface area contributed by atoms with Crippen LogP contribution in [0.5, 0.6) is 0 Å². The Morgan fingerprint density at radius 2 is 1.06 bits per heavy atom. The summed E-state index contributed by atoms with van der Waals surface area (Å²) < 4.78 is 2.03. The van der Waals surface area contributed by atoms with Crippen molar-refractivity contribution in [2.24, 2.45) is 0 Å². The number of fused-ring (bicyclic) bond motifs is 3. The molecule has 0 spiro atoms. The molecule has 86 valence electrons. The van der Waals surface area contributed by atoms with Crippen molar-refractivity contribution in [1.82, 2.24) is 0 Å². The molecule has 3 aromatic rings. The van der Waals surface area contributed by atoms with Gasteiger partial charge in [-0.3, -0.25) is 0 Å². The second-order valence-electron chi connectivity index (χ2n) is 3.62. The van der Waals surface area contributed by atoms with Crippen molar-refractivity contribution in [1.29, 1.82) is 0 Å². The molecule has 5 heteroatoms. The van der Waals surface area contributed by atoms with Crippen LogP contribution in [0.2, 0.25) is 20.1 Å². The Labute approximate surface area is 122 Å². The first-order chi connectivity index (χ1) is 8.06. The zero-order valence-corrected chi connectivity index (χ0v) is 12.1. The van der Waals surface area contributed by atoms with E-state index in [0.29, 0.717) is 20.1 Å². The Morgan fingerprint density at radius 1 is 0.647 bits per heavy atom. The lowest BCUT2D eigenvalue weighted by molar-refractivity contribution is 1.83. The summed E-state index contributed by atoms with van der Waals surface area (Å²) in [5.41, 5.74) is 0. The van der Waals surface area contributed by atoms with Gasteiger partial charge in [0.2, 0.25) is 0 Å². The molecule has 2 aromatic carbocycles. The minimum absolute atomic E-state index is 0.614. The first kappa shape index (κ1) is 11.9. The number of rotatable bonds is 0. The van der Waals surface area contributed by atoms with Crippen LogP contribution in [0.15, 0.2) is 24.3 Å². The average molecular weight is 322 g/mol. The predicted molar refractivity (Wildman–Crippen MR) is 79.4 cm³/mol. The smallest absolute Gasteiger partial charge is 0.0514 e. The van der Waals surface area contributed by atoms with E-state index < -0.39 is 0 Å². The highest BCUT2D eigenvalue weighted by Gasteiger charge is 2.13. The Kier molecular flexibility index (Phi) is 2.92. The van der Waals surface area contributed by atoms with Crippen LogP contribution in [0.25, 0.3) is 20.2 Å². The Balaban J connectivity index is 2.60. The molecule has 0 N–H and O–H groups in total. The van der Waals surface area contributed by atoms with Crippen molar-refractivity contribution in [3.63, 3.8) is 0 Å². The maximum Gasteiger partial charge on any atom is 0.0514 e. The lowest BCUT2D eigenvalue weighted by Crippen LogP contribution is -1.73. The fourth-order valence-electron chi connectivity index (χ4n) is 1.86. The van der Waals surface area contributed by atoms with Gasteiger partial charge in [0.05, 0.1) is 10.0 Å². The molecule has 0 aliphatic carbocycles. The van der Waals surface area contributed by atoms with Crippen molar-refractivity contribution in [3.05, 3.63) is 44.4 Å². The highest BCUT2D eigenvalue weighted by Crippen LogP contribution is 2.43. The molecule has 0 aliphatic rings. The van der Waals surface area contributed by atoms with E-state index in [-0.39, 0.29) is 0 Å². The van der Waals surface area contributed by atoms with Crippen LogP contribution in [0, 0.1) is 0 Å². The molecule has 0 bridgehead atoms. The average Bonchev–Trinajstić information content (AvgIpc) is 2.55. The molecule has 0 nitrogen and oxygen atoms in total. The van der Waals surface area contributed by atoms with Gasteiger partial charge in [0.15, 0.2) is 0 Å². The van der Waals surface area contributed by atoms with Crippen LogP contribution in [0.4, 0.5) is 0 Å². The fraction of sp³-hybridized carbons (Fsp3) is 0. The number of halogens is 4. The van der Waals surface area contributed by atoms with E-state index in [1.165, 1.54) is 0 Å². The Bertz CT molecular complexity index is 683. The molecular formula is C12H4Cl4S. The predicted octanol–water partition coefficient (Wildman–Crippen LogP) is 6.67. The van der Waals surface area contributed by atoms with Crippen LogP contribution < -0.4 is 0 Å². The lowest BCUT2D eigenvalue weighted by Gasteiger charge is -1.99. The van der Waals surface area contributed by atoms with E-state index in [0.717, 1.165) is 20.2 Å². The van der Waals surface area contributed by atoms with Gasteiger partial charge in [-0.25, -0.2) is 0 Å². The van der Waals surface area contributed by atoms with Crippen molar-refractivity contribution in [2.45, 2.75) is 0 Å². The zero-order chi connectivity index (χ0) is 12.2. The van der Waals surface area contributed by atoms with Gasteiger partial charge in [-0.2, -0.15) is 0 Å². The number of thiophene rings is 1. The molecule has 17 heavy (non-hydrogen) atoms. The first-order valence-electron chi connectivity index (χ1n) is 4.72. The minimum atomic E-state index is 0.614. The monoisotopic (exact) mass is 320 g/mol. The van der Waals surface area contributed by atoms with Crippen LogP contribution >= 0.6 is 57.7 Å². The third-order valence-corrected chi connectivity index (χ3v) is 4.62. The summed E-state index contributed by atoms with van der Waals surface area (Å²) >= 11 is 26.0. The summed E-state index contributed by atoms with van der Waals surface area (Å²) in [6.45, 7) is 0. The highest BCUT2D eigenvalue weighted by molar-refractivity contribution is 7.26. The molecule has 0 saturated heterocycles. The molecule has 0 atom stereocenters. The van der Waals surface area contributed by atoms with Gasteiger partial charge < -0.3 is 0 Å². The van der Waals surface area contributed by atoms with Gasteiger partial charge in [0.1, 0.15) is 0 Å². The number of benzene rings is 2. The summed E-state index contributed by atoms with van der Waals surface area (Å²) in [6, 6.07) is 7.22. The van der Waals surface area contributed by atoms with Crippen LogP contribution in [0.1, 0.15) is 0 Å². The van der Waals surface area contributed by atoms with Gasteiger partial charge in [-0.1, -0.05) is 46.4 Å².